The fourth-order valence-corrected chi connectivity index (χ4v) is 2.68. The van der Waals surface area contributed by atoms with Crippen LogP contribution in [0.5, 0.6) is 11.5 Å². The zero-order chi connectivity index (χ0) is 17.3. The number of hydrogen-bond donors (Lipinski definition) is 1. The van der Waals surface area contributed by atoms with E-state index in [1.54, 1.807) is 44.5 Å². The Kier molecular flexibility index (Phi) is 4.16. The van der Waals surface area contributed by atoms with E-state index >= 15 is 0 Å². The van der Waals surface area contributed by atoms with Crippen molar-refractivity contribution < 1.29 is 19.1 Å². The number of amides is 1. The Morgan fingerprint density at radius 1 is 1.25 bits per heavy atom. The van der Waals surface area contributed by atoms with Crippen molar-refractivity contribution in [3.8, 4) is 11.5 Å². The summed E-state index contributed by atoms with van der Waals surface area (Å²) in [7, 11) is 3.28. The van der Waals surface area contributed by atoms with E-state index in [1.165, 1.54) is 4.90 Å². The minimum atomic E-state index is -0.231. The number of aromatic hydroxyl groups is 1. The molecule has 0 unspecified atom stereocenters. The normalized spacial score (nSPS) is 10.8. The fourth-order valence-electron chi connectivity index (χ4n) is 2.68. The molecule has 0 saturated heterocycles. The van der Waals surface area contributed by atoms with Gasteiger partial charge in [-0.15, -0.1) is 0 Å². The van der Waals surface area contributed by atoms with Gasteiger partial charge in [-0.3, -0.25) is 4.79 Å². The van der Waals surface area contributed by atoms with E-state index in [4.69, 9.17) is 9.15 Å². The van der Waals surface area contributed by atoms with Crippen LogP contribution in [0.25, 0.3) is 11.0 Å². The lowest BCUT2D eigenvalue weighted by atomic mass is 10.1. The van der Waals surface area contributed by atoms with Gasteiger partial charge in [0.25, 0.3) is 5.91 Å². The molecule has 1 heterocycles. The molecule has 3 rings (SSSR count). The maximum absolute atomic E-state index is 12.7. The number of carbonyl (C=O) groups is 1. The Balaban J connectivity index is 1.90. The third kappa shape index (κ3) is 2.80. The van der Waals surface area contributed by atoms with E-state index in [1.807, 2.05) is 19.1 Å². The minimum absolute atomic E-state index is 0.170. The topological polar surface area (TPSA) is 62.9 Å². The quantitative estimate of drug-likeness (QED) is 0.794. The van der Waals surface area contributed by atoms with Crippen molar-refractivity contribution in [3.63, 3.8) is 0 Å². The third-order valence-electron chi connectivity index (χ3n) is 4.08. The second-order valence-electron chi connectivity index (χ2n) is 5.71. The molecule has 0 radical (unpaired) electrons. The molecular formula is C19H19NO4. The predicted octanol–water partition coefficient (Wildman–Crippen LogP) is 3.73. The van der Waals surface area contributed by atoms with Crippen LogP contribution < -0.4 is 4.74 Å². The standard InChI is InChI=1S/C19H19NO4/c1-12-15-10-14(23-3)8-9-17(15)24-18(12)19(22)20(2)11-13-6-4-5-7-16(13)21/h4-10,21H,11H2,1-3H3. The average Bonchev–Trinajstić information content (AvgIpc) is 2.92. The second-order valence-corrected chi connectivity index (χ2v) is 5.71. The van der Waals surface area contributed by atoms with Crippen LogP contribution in [0.15, 0.2) is 46.9 Å². The molecule has 1 amide bonds. The van der Waals surface area contributed by atoms with Crippen LogP contribution in [0.1, 0.15) is 21.7 Å². The van der Waals surface area contributed by atoms with Crippen molar-refractivity contribution in [2.75, 3.05) is 14.2 Å². The molecule has 1 aromatic heterocycles. The summed E-state index contributed by atoms with van der Waals surface area (Å²) in [5, 5.41) is 10.7. The number of benzene rings is 2. The molecule has 0 atom stereocenters. The summed E-state index contributed by atoms with van der Waals surface area (Å²) in [4.78, 5) is 14.2. The molecule has 0 fully saturated rings. The lowest BCUT2D eigenvalue weighted by molar-refractivity contribution is 0.0754. The van der Waals surface area contributed by atoms with Crippen molar-refractivity contribution >= 4 is 16.9 Å². The van der Waals surface area contributed by atoms with Crippen LogP contribution in [0.2, 0.25) is 0 Å². The summed E-state index contributed by atoms with van der Waals surface area (Å²) in [6, 6.07) is 12.4. The van der Waals surface area contributed by atoms with Crippen LogP contribution in [0.3, 0.4) is 0 Å². The zero-order valence-electron chi connectivity index (χ0n) is 13.9. The van der Waals surface area contributed by atoms with Gasteiger partial charge in [0.15, 0.2) is 5.76 Å². The van der Waals surface area contributed by atoms with Crippen LogP contribution in [-0.4, -0.2) is 30.1 Å². The summed E-state index contributed by atoms with van der Waals surface area (Å²) >= 11 is 0. The number of carbonyl (C=O) groups excluding carboxylic acids is 1. The number of para-hydroxylation sites is 1. The number of phenolic OH excluding ortho intramolecular Hbond substituents is 1. The summed E-state index contributed by atoms with van der Waals surface area (Å²) < 4.78 is 11.0. The Labute approximate surface area is 140 Å². The summed E-state index contributed by atoms with van der Waals surface area (Å²) in [6.45, 7) is 2.15. The number of phenols is 1. The van der Waals surface area contributed by atoms with Crippen LogP contribution in [0, 0.1) is 6.92 Å². The monoisotopic (exact) mass is 325 g/mol. The summed E-state index contributed by atoms with van der Waals surface area (Å²) in [5.74, 6) is 0.957. The van der Waals surface area contributed by atoms with Crippen molar-refractivity contribution in [2.45, 2.75) is 13.5 Å². The van der Waals surface area contributed by atoms with E-state index in [9.17, 15) is 9.90 Å². The van der Waals surface area contributed by atoms with Gasteiger partial charge in [0.2, 0.25) is 0 Å². The number of aryl methyl sites for hydroxylation is 1. The summed E-state index contributed by atoms with van der Waals surface area (Å²) in [6.07, 6.45) is 0. The van der Waals surface area contributed by atoms with Gasteiger partial charge in [0, 0.05) is 30.1 Å². The molecule has 0 bridgehead atoms. The Hall–Kier alpha value is -2.95. The van der Waals surface area contributed by atoms with E-state index in [2.05, 4.69) is 0 Å². The molecule has 2 aromatic carbocycles. The molecule has 124 valence electrons. The molecule has 3 aromatic rings. The van der Waals surface area contributed by atoms with Crippen molar-refractivity contribution in [1.29, 1.82) is 0 Å². The molecule has 0 saturated carbocycles. The highest BCUT2D eigenvalue weighted by atomic mass is 16.5. The van der Waals surface area contributed by atoms with Gasteiger partial charge < -0.3 is 19.2 Å². The fraction of sp³-hybridized carbons (Fsp3) is 0.211. The molecule has 1 N–H and O–H groups in total. The number of fused-ring (bicyclic) bond motifs is 1. The first kappa shape index (κ1) is 15.9. The highest BCUT2D eigenvalue weighted by Gasteiger charge is 2.22. The van der Waals surface area contributed by atoms with Gasteiger partial charge in [-0.1, -0.05) is 18.2 Å². The Morgan fingerprint density at radius 3 is 2.71 bits per heavy atom. The highest BCUT2D eigenvalue weighted by molar-refractivity contribution is 5.99. The highest BCUT2D eigenvalue weighted by Crippen LogP contribution is 2.29. The Morgan fingerprint density at radius 2 is 2.00 bits per heavy atom. The van der Waals surface area contributed by atoms with Crippen LogP contribution in [-0.2, 0) is 6.54 Å². The van der Waals surface area contributed by atoms with Gasteiger partial charge in [-0.25, -0.2) is 0 Å². The second kappa shape index (κ2) is 6.28. The number of furan rings is 1. The lowest BCUT2D eigenvalue weighted by Gasteiger charge is -2.17. The average molecular weight is 325 g/mol. The van der Waals surface area contributed by atoms with Gasteiger partial charge in [-0.2, -0.15) is 0 Å². The molecule has 24 heavy (non-hydrogen) atoms. The third-order valence-corrected chi connectivity index (χ3v) is 4.08. The van der Waals surface area contributed by atoms with Crippen molar-refractivity contribution in [2.24, 2.45) is 0 Å². The van der Waals surface area contributed by atoms with Gasteiger partial charge in [-0.05, 0) is 31.2 Å². The number of methoxy groups -OCH3 is 1. The van der Waals surface area contributed by atoms with E-state index in [-0.39, 0.29) is 11.7 Å². The molecule has 0 spiro atoms. The largest absolute Gasteiger partial charge is 0.508 e. The minimum Gasteiger partial charge on any atom is -0.508 e. The van der Waals surface area contributed by atoms with Crippen molar-refractivity contribution in [3.05, 3.63) is 59.4 Å². The van der Waals surface area contributed by atoms with E-state index < -0.39 is 0 Å². The number of ether oxygens (including phenoxy) is 1. The first-order valence-electron chi connectivity index (χ1n) is 7.60. The predicted molar refractivity (Wildman–Crippen MR) is 91.4 cm³/mol. The Bertz CT molecular complexity index is 898. The van der Waals surface area contributed by atoms with Crippen LogP contribution in [0.4, 0.5) is 0 Å². The van der Waals surface area contributed by atoms with E-state index in [0.717, 1.165) is 10.9 Å². The van der Waals surface area contributed by atoms with Crippen molar-refractivity contribution in [1.82, 2.24) is 4.90 Å². The van der Waals surface area contributed by atoms with Crippen LogP contribution >= 0.6 is 0 Å². The summed E-state index contributed by atoms with van der Waals surface area (Å²) in [5.41, 5.74) is 2.11. The van der Waals surface area contributed by atoms with Gasteiger partial charge in [0.1, 0.15) is 17.1 Å². The maximum Gasteiger partial charge on any atom is 0.289 e. The zero-order valence-corrected chi connectivity index (χ0v) is 13.9. The molecule has 5 heteroatoms. The maximum atomic E-state index is 12.7. The number of hydrogen-bond acceptors (Lipinski definition) is 4. The SMILES string of the molecule is COc1ccc2oc(C(=O)N(C)Cc3ccccc3O)c(C)c2c1. The molecule has 0 aliphatic rings. The number of rotatable bonds is 4. The number of nitrogens with zero attached hydrogens (tertiary/aromatic N) is 1. The molecular weight excluding hydrogens is 306 g/mol. The molecule has 0 aliphatic heterocycles. The molecule has 0 aliphatic carbocycles. The smallest absolute Gasteiger partial charge is 0.289 e. The first-order valence-corrected chi connectivity index (χ1v) is 7.60. The van der Waals surface area contributed by atoms with Gasteiger partial charge >= 0.3 is 0 Å². The molecule has 5 nitrogen and oxygen atoms in total. The van der Waals surface area contributed by atoms with E-state index in [0.29, 0.717) is 29.2 Å². The van der Waals surface area contributed by atoms with Gasteiger partial charge in [0.05, 0.1) is 7.11 Å². The lowest BCUT2D eigenvalue weighted by Crippen LogP contribution is -2.26. The first-order chi connectivity index (χ1) is 11.5.